The fourth-order valence-electron chi connectivity index (χ4n) is 2.14. The van der Waals surface area contributed by atoms with Crippen molar-refractivity contribution in [1.29, 1.82) is 0 Å². The summed E-state index contributed by atoms with van der Waals surface area (Å²) < 4.78 is 29.6. The summed E-state index contributed by atoms with van der Waals surface area (Å²) in [6.45, 7) is -2.88. The summed E-state index contributed by atoms with van der Waals surface area (Å²) in [5.74, 6) is 0.109. The maximum atomic E-state index is 12.5. The van der Waals surface area contributed by atoms with Crippen LogP contribution in [0.3, 0.4) is 0 Å². The van der Waals surface area contributed by atoms with E-state index in [0.717, 1.165) is 5.56 Å². The van der Waals surface area contributed by atoms with Crippen LogP contribution in [0.25, 0.3) is 0 Å². The topological polar surface area (TPSA) is 21.3 Å². The molecule has 0 saturated carbocycles. The largest absolute Gasteiger partial charge is 0.434 e. The Kier molecular flexibility index (Phi) is 5.39. The van der Waals surface area contributed by atoms with Crippen molar-refractivity contribution in [3.63, 3.8) is 0 Å². The molecule has 0 aromatic heterocycles. The van der Waals surface area contributed by atoms with Crippen LogP contribution in [0.5, 0.6) is 5.75 Å². The standard InChI is InChI=1S/C15H13Cl2F2NO/c1-20-14(10-7-6-9(16)8-12(10)17)11-4-2-3-5-13(11)21-15(18)19/h2-8,14-15,20H,1H3. The summed E-state index contributed by atoms with van der Waals surface area (Å²) in [6.07, 6.45) is 0. The maximum Gasteiger partial charge on any atom is 0.387 e. The minimum atomic E-state index is -2.88. The molecule has 0 radical (unpaired) electrons. The van der Waals surface area contributed by atoms with Gasteiger partial charge in [0, 0.05) is 15.6 Å². The van der Waals surface area contributed by atoms with E-state index in [1.807, 2.05) is 0 Å². The van der Waals surface area contributed by atoms with Crippen LogP contribution in [0.1, 0.15) is 17.2 Å². The summed E-state index contributed by atoms with van der Waals surface area (Å²) in [6, 6.07) is 11.3. The molecule has 0 heterocycles. The van der Waals surface area contributed by atoms with Crippen molar-refractivity contribution in [3.05, 3.63) is 63.6 Å². The van der Waals surface area contributed by atoms with Gasteiger partial charge in [-0.25, -0.2) is 0 Å². The Balaban J connectivity index is 2.46. The van der Waals surface area contributed by atoms with Crippen LogP contribution in [0.15, 0.2) is 42.5 Å². The second-order valence-electron chi connectivity index (χ2n) is 4.30. The molecule has 0 aliphatic rings. The third-order valence-corrected chi connectivity index (χ3v) is 3.57. The molecular weight excluding hydrogens is 319 g/mol. The lowest BCUT2D eigenvalue weighted by Gasteiger charge is -2.21. The van der Waals surface area contributed by atoms with Crippen molar-refractivity contribution < 1.29 is 13.5 Å². The van der Waals surface area contributed by atoms with Crippen molar-refractivity contribution in [3.8, 4) is 5.75 Å². The Hall–Kier alpha value is -1.36. The molecule has 2 rings (SSSR count). The van der Waals surface area contributed by atoms with Gasteiger partial charge in [0.1, 0.15) is 5.75 Å². The number of hydrogen-bond donors (Lipinski definition) is 1. The number of halogens is 4. The van der Waals surface area contributed by atoms with Gasteiger partial charge >= 0.3 is 6.61 Å². The zero-order chi connectivity index (χ0) is 15.4. The average molecular weight is 332 g/mol. The summed E-state index contributed by atoms with van der Waals surface area (Å²) in [7, 11) is 1.72. The molecule has 2 aromatic carbocycles. The average Bonchev–Trinajstić information content (AvgIpc) is 2.43. The predicted octanol–water partition coefficient (Wildman–Crippen LogP) is 4.90. The fourth-order valence-corrected chi connectivity index (χ4v) is 2.65. The number of ether oxygens (including phenoxy) is 1. The maximum absolute atomic E-state index is 12.5. The van der Waals surface area contributed by atoms with Gasteiger partial charge in [0.05, 0.1) is 6.04 Å². The lowest BCUT2D eigenvalue weighted by molar-refractivity contribution is -0.0506. The molecular formula is C15H13Cl2F2NO. The second kappa shape index (κ2) is 7.07. The van der Waals surface area contributed by atoms with Crippen molar-refractivity contribution in [2.24, 2.45) is 0 Å². The van der Waals surface area contributed by atoms with Gasteiger partial charge in [-0.2, -0.15) is 8.78 Å². The van der Waals surface area contributed by atoms with Crippen LogP contribution in [-0.4, -0.2) is 13.7 Å². The number of alkyl halides is 2. The Morgan fingerprint density at radius 3 is 2.38 bits per heavy atom. The lowest BCUT2D eigenvalue weighted by Crippen LogP contribution is -2.19. The number of nitrogens with one attached hydrogen (secondary N) is 1. The number of benzene rings is 2. The van der Waals surface area contributed by atoms with Gasteiger partial charge in [0.25, 0.3) is 0 Å². The van der Waals surface area contributed by atoms with E-state index in [9.17, 15) is 8.78 Å². The van der Waals surface area contributed by atoms with E-state index < -0.39 is 6.61 Å². The van der Waals surface area contributed by atoms with E-state index in [2.05, 4.69) is 10.1 Å². The molecule has 2 aromatic rings. The highest BCUT2D eigenvalue weighted by molar-refractivity contribution is 6.35. The van der Waals surface area contributed by atoms with E-state index in [1.165, 1.54) is 6.07 Å². The number of rotatable bonds is 5. The first-order chi connectivity index (χ1) is 10.0. The third-order valence-electron chi connectivity index (χ3n) is 3.01. The van der Waals surface area contributed by atoms with Gasteiger partial charge in [-0.15, -0.1) is 0 Å². The van der Waals surface area contributed by atoms with Crippen molar-refractivity contribution >= 4 is 23.2 Å². The van der Waals surface area contributed by atoms with E-state index in [4.69, 9.17) is 23.2 Å². The second-order valence-corrected chi connectivity index (χ2v) is 5.15. The normalized spacial score (nSPS) is 12.5. The predicted molar refractivity (Wildman–Crippen MR) is 80.4 cm³/mol. The van der Waals surface area contributed by atoms with Crippen LogP contribution >= 0.6 is 23.2 Å². The molecule has 1 unspecified atom stereocenters. The molecule has 0 aliphatic carbocycles. The zero-order valence-electron chi connectivity index (χ0n) is 11.1. The van der Waals surface area contributed by atoms with Crippen LogP contribution < -0.4 is 10.1 Å². The van der Waals surface area contributed by atoms with Gasteiger partial charge in [0.2, 0.25) is 0 Å². The molecule has 0 bridgehead atoms. The monoisotopic (exact) mass is 331 g/mol. The first kappa shape index (κ1) is 16.0. The van der Waals surface area contributed by atoms with Crippen molar-refractivity contribution in [2.45, 2.75) is 12.7 Å². The minimum absolute atomic E-state index is 0.109. The first-order valence-corrected chi connectivity index (χ1v) is 6.94. The minimum Gasteiger partial charge on any atom is -0.434 e. The highest BCUT2D eigenvalue weighted by atomic mass is 35.5. The molecule has 6 heteroatoms. The molecule has 2 nitrogen and oxygen atoms in total. The third kappa shape index (κ3) is 3.84. The highest BCUT2D eigenvalue weighted by Gasteiger charge is 2.20. The smallest absolute Gasteiger partial charge is 0.387 e. The van der Waals surface area contributed by atoms with E-state index in [1.54, 1.807) is 43.4 Å². The van der Waals surface area contributed by atoms with E-state index in [-0.39, 0.29) is 11.8 Å². The number of hydrogen-bond acceptors (Lipinski definition) is 2. The molecule has 0 saturated heterocycles. The summed E-state index contributed by atoms with van der Waals surface area (Å²) in [5.41, 5.74) is 1.30. The van der Waals surface area contributed by atoms with Crippen LogP contribution in [0.4, 0.5) is 8.78 Å². The first-order valence-electron chi connectivity index (χ1n) is 6.19. The molecule has 0 fully saturated rings. The van der Waals surface area contributed by atoms with Gasteiger partial charge in [-0.1, -0.05) is 47.5 Å². The highest BCUT2D eigenvalue weighted by Crippen LogP contribution is 2.35. The molecule has 1 atom stereocenters. The Labute approximate surface area is 131 Å². The fraction of sp³-hybridized carbons (Fsp3) is 0.200. The Bertz CT molecular complexity index is 622. The Morgan fingerprint density at radius 2 is 1.76 bits per heavy atom. The van der Waals surface area contributed by atoms with Crippen LogP contribution in [-0.2, 0) is 0 Å². The molecule has 0 aliphatic heterocycles. The molecule has 0 spiro atoms. The van der Waals surface area contributed by atoms with E-state index >= 15 is 0 Å². The molecule has 112 valence electrons. The Morgan fingerprint density at radius 1 is 1.05 bits per heavy atom. The van der Waals surface area contributed by atoms with Crippen molar-refractivity contribution in [1.82, 2.24) is 5.32 Å². The quantitative estimate of drug-likeness (QED) is 0.840. The summed E-state index contributed by atoms with van der Waals surface area (Å²) >= 11 is 12.1. The van der Waals surface area contributed by atoms with Gasteiger partial charge in [-0.3, -0.25) is 0 Å². The molecule has 21 heavy (non-hydrogen) atoms. The van der Waals surface area contributed by atoms with Crippen LogP contribution in [0.2, 0.25) is 10.0 Å². The van der Waals surface area contributed by atoms with E-state index in [0.29, 0.717) is 15.6 Å². The summed E-state index contributed by atoms with van der Waals surface area (Å²) in [5, 5.41) is 4.02. The van der Waals surface area contributed by atoms with Crippen molar-refractivity contribution in [2.75, 3.05) is 7.05 Å². The SMILES string of the molecule is CNC(c1ccc(Cl)cc1Cl)c1ccccc1OC(F)F. The molecule has 0 amide bonds. The number of para-hydroxylation sites is 1. The van der Waals surface area contributed by atoms with Crippen LogP contribution in [0, 0.1) is 0 Å². The van der Waals surface area contributed by atoms with Gasteiger partial charge < -0.3 is 10.1 Å². The lowest BCUT2D eigenvalue weighted by atomic mass is 9.98. The van der Waals surface area contributed by atoms with Gasteiger partial charge in [0.15, 0.2) is 0 Å². The molecule has 1 N–H and O–H groups in total. The zero-order valence-corrected chi connectivity index (χ0v) is 12.6. The van der Waals surface area contributed by atoms with Gasteiger partial charge in [-0.05, 0) is 30.8 Å². The summed E-state index contributed by atoms with van der Waals surface area (Å²) in [4.78, 5) is 0.